The third-order valence-corrected chi connectivity index (χ3v) is 4.98. The Kier molecular flexibility index (Phi) is 4.99. The molecule has 6 heteroatoms. The van der Waals surface area contributed by atoms with Crippen molar-refractivity contribution in [2.45, 2.75) is 26.8 Å². The van der Waals surface area contributed by atoms with E-state index in [4.69, 9.17) is 0 Å². The molecule has 0 aliphatic heterocycles. The fourth-order valence-corrected chi connectivity index (χ4v) is 4.20. The van der Waals surface area contributed by atoms with Gasteiger partial charge < -0.3 is 5.32 Å². The fraction of sp³-hybridized carbons (Fsp3) is 0.286. The topological polar surface area (TPSA) is 42.0 Å². The van der Waals surface area contributed by atoms with Gasteiger partial charge in [0.1, 0.15) is 0 Å². The molecule has 0 radical (unpaired) electrons. The Hall–Kier alpha value is -0.720. The van der Waals surface area contributed by atoms with Crippen LogP contribution in [0.15, 0.2) is 27.1 Å². The van der Waals surface area contributed by atoms with E-state index in [0.29, 0.717) is 5.56 Å². The van der Waals surface area contributed by atoms with E-state index in [1.54, 1.807) is 23.5 Å². The number of rotatable bonds is 3. The average molecular weight is 418 g/mol. The smallest absolute Gasteiger partial charge is 0.251 e. The molecule has 1 heterocycles. The zero-order valence-corrected chi connectivity index (χ0v) is 15.3. The SMILES string of the molecule is Cc1nc(C)c(C(C)NC(=O)c2cc(Br)cc(Br)c2)s1. The second kappa shape index (κ2) is 6.37. The predicted octanol–water partition coefficient (Wildman–Crippen LogP) is 4.78. The first-order valence-electron chi connectivity index (χ1n) is 6.07. The van der Waals surface area contributed by atoms with Crippen molar-refractivity contribution in [3.05, 3.63) is 48.3 Å². The Balaban J connectivity index is 2.17. The molecule has 1 aromatic heterocycles. The van der Waals surface area contributed by atoms with Crippen LogP contribution < -0.4 is 5.32 Å². The van der Waals surface area contributed by atoms with Crippen LogP contribution in [0.25, 0.3) is 0 Å². The highest BCUT2D eigenvalue weighted by Gasteiger charge is 2.16. The van der Waals surface area contributed by atoms with Crippen molar-refractivity contribution in [3.63, 3.8) is 0 Å². The lowest BCUT2D eigenvalue weighted by molar-refractivity contribution is 0.0940. The molecule has 0 aliphatic rings. The lowest BCUT2D eigenvalue weighted by atomic mass is 10.2. The van der Waals surface area contributed by atoms with E-state index in [0.717, 1.165) is 24.5 Å². The second-order valence-corrected chi connectivity index (χ2v) is 7.60. The molecule has 3 nitrogen and oxygen atoms in total. The Morgan fingerprint density at radius 3 is 2.35 bits per heavy atom. The lowest BCUT2D eigenvalue weighted by Gasteiger charge is -2.13. The number of carbonyl (C=O) groups is 1. The molecule has 1 aromatic carbocycles. The summed E-state index contributed by atoms with van der Waals surface area (Å²) < 4.78 is 1.74. The molecule has 20 heavy (non-hydrogen) atoms. The van der Waals surface area contributed by atoms with Crippen LogP contribution in [0.4, 0.5) is 0 Å². The summed E-state index contributed by atoms with van der Waals surface area (Å²) in [7, 11) is 0. The van der Waals surface area contributed by atoms with Crippen LogP contribution in [0.5, 0.6) is 0 Å². The molecule has 2 rings (SSSR count). The molecule has 0 bridgehead atoms. The lowest BCUT2D eigenvalue weighted by Crippen LogP contribution is -2.26. The summed E-state index contributed by atoms with van der Waals surface area (Å²) in [5.74, 6) is -0.0926. The van der Waals surface area contributed by atoms with Gasteiger partial charge in [-0.2, -0.15) is 0 Å². The summed E-state index contributed by atoms with van der Waals surface area (Å²) in [5.41, 5.74) is 1.60. The first-order chi connectivity index (χ1) is 9.36. The van der Waals surface area contributed by atoms with Crippen LogP contribution in [-0.4, -0.2) is 10.9 Å². The molecular weight excluding hydrogens is 404 g/mol. The molecule has 1 unspecified atom stereocenters. The van der Waals surface area contributed by atoms with Crippen molar-refractivity contribution in [2.24, 2.45) is 0 Å². The van der Waals surface area contributed by atoms with E-state index < -0.39 is 0 Å². The number of aryl methyl sites for hydroxylation is 2. The van der Waals surface area contributed by atoms with Crippen molar-refractivity contribution in [2.75, 3.05) is 0 Å². The van der Waals surface area contributed by atoms with Crippen molar-refractivity contribution in [1.29, 1.82) is 0 Å². The van der Waals surface area contributed by atoms with Crippen LogP contribution in [0.1, 0.15) is 38.9 Å². The molecule has 0 aliphatic carbocycles. The van der Waals surface area contributed by atoms with Crippen LogP contribution in [0, 0.1) is 13.8 Å². The molecule has 1 amide bonds. The van der Waals surface area contributed by atoms with Crippen LogP contribution in [-0.2, 0) is 0 Å². The average Bonchev–Trinajstić information content (AvgIpc) is 2.67. The zero-order valence-electron chi connectivity index (χ0n) is 11.3. The van der Waals surface area contributed by atoms with Crippen LogP contribution in [0.2, 0.25) is 0 Å². The molecule has 1 atom stereocenters. The summed E-state index contributed by atoms with van der Waals surface area (Å²) in [6, 6.07) is 5.46. The van der Waals surface area contributed by atoms with Gasteiger partial charge >= 0.3 is 0 Å². The molecule has 1 N–H and O–H groups in total. The van der Waals surface area contributed by atoms with Gasteiger partial charge in [0.05, 0.1) is 16.7 Å². The summed E-state index contributed by atoms with van der Waals surface area (Å²) in [4.78, 5) is 17.8. The minimum atomic E-state index is -0.0926. The fourth-order valence-electron chi connectivity index (χ4n) is 1.98. The number of halogens is 2. The third-order valence-electron chi connectivity index (χ3n) is 2.81. The number of benzene rings is 1. The van der Waals surface area contributed by atoms with Crippen molar-refractivity contribution in [1.82, 2.24) is 10.3 Å². The second-order valence-electron chi connectivity index (χ2n) is 4.54. The maximum atomic E-state index is 12.3. The molecule has 0 saturated heterocycles. The van der Waals surface area contributed by atoms with E-state index >= 15 is 0 Å². The van der Waals surface area contributed by atoms with E-state index in [1.807, 2.05) is 26.8 Å². The Morgan fingerprint density at radius 1 is 1.25 bits per heavy atom. The zero-order chi connectivity index (χ0) is 14.9. The molecular formula is C14H14Br2N2OS. The third kappa shape index (κ3) is 3.68. The highest BCUT2D eigenvalue weighted by Crippen LogP contribution is 2.25. The van der Waals surface area contributed by atoms with Crippen molar-refractivity contribution >= 4 is 49.1 Å². The van der Waals surface area contributed by atoms with Gasteiger partial charge in [-0.15, -0.1) is 11.3 Å². The van der Waals surface area contributed by atoms with Crippen molar-refractivity contribution in [3.8, 4) is 0 Å². The van der Waals surface area contributed by atoms with Gasteiger partial charge in [-0.05, 0) is 39.0 Å². The van der Waals surface area contributed by atoms with Crippen LogP contribution in [0.3, 0.4) is 0 Å². The van der Waals surface area contributed by atoms with Gasteiger partial charge in [-0.25, -0.2) is 4.98 Å². The summed E-state index contributed by atoms with van der Waals surface area (Å²) in [6.07, 6.45) is 0. The number of amides is 1. The molecule has 106 valence electrons. The van der Waals surface area contributed by atoms with E-state index in [1.165, 1.54) is 0 Å². The Bertz CT molecular complexity index is 634. The molecule has 0 fully saturated rings. The summed E-state index contributed by atoms with van der Waals surface area (Å²) in [6.45, 7) is 5.92. The standard InChI is InChI=1S/C14H14Br2N2OS/c1-7-13(20-9(3)17-7)8(2)18-14(19)10-4-11(15)6-12(16)5-10/h4-6,8H,1-3H3,(H,18,19). The number of nitrogens with zero attached hydrogens (tertiary/aromatic N) is 1. The number of thiazole rings is 1. The number of hydrogen-bond donors (Lipinski definition) is 1. The summed E-state index contributed by atoms with van der Waals surface area (Å²) in [5, 5.41) is 4.03. The van der Waals surface area contributed by atoms with Crippen LogP contribution >= 0.6 is 43.2 Å². The van der Waals surface area contributed by atoms with E-state index in [2.05, 4.69) is 42.2 Å². The molecule has 0 spiro atoms. The summed E-state index contributed by atoms with van der Waals surface area (Å²) >= 11 is 8.40. The maximum Gasteiger partial charge on any atom is 0.251 e. The maximum absolute atomic E-state index is 12.3. The van der Waals surface area contributed by atoms with Gasteiger partial charge in [0.25, 0.3) is 5.91 Å². The first kappa shape index (κ1) is 15.7. The minimum Gasteiger partial charge on any atom is -0.345 e. The molecule has 0 saturated carbocycles. The van der Waals surface area contributed by atoms with Gasteiger partial charge in [0.2, 0.25) is 0 Å². The predicted molar refractivity (Wildman–Crippen MR) is 89.3 cm³/mol. The molecule has 2 aromatic rings. The Labute approximate surface area is 139 Å². The normalized spacial score (nSPS) is 12.2. The van der Waals surface area contributed by atoms with Gasteiger partial charge in [-0.3, -0.25) is 4.79 Å². The largest absolute Gasteiger partial charge is 0.345 e. The minimum absolute atomic E-state index is 0.0496. The van der Waals surface area contributed by atoms with Gasteiger partial charge in [-0.1, -0.05) is 31.9 Å². The number of hydrogen-bond acceptors (Lipinski definition) is 3. The van der Waals surface area contributed by atoms with E-state index in [9.17, 15) is 4.79 Å². The first-order valence-corrected chi connectivity index (χ1v) is 8.48. The van der Waals surface area contributed by atoms with Crippen molar-refractivity contribution < 1.29 is 4.79 Å². The van der Waals surface area contributed by atoms with Gasteiger partial charge in [0, 0.05) is 19.4 Å². The number of nitrogens with one attached hydrogen (secondary N) is 1. The monoisotopic (exact) mass is 416 g/mol. The highest BCUT2D eigenvalue weighted by molar-refractivity contribution is 9.11. The number of carbonyl (C=O) groups excluding carboxylic acids is 1. The van der Waals surface area contributed by atoms with Gasteiger partial charge in [0.15, 0.2) is 0 Å². The number of aromatic nitrogens is 1. The highest BCUT2D eigenvalue weighted by atomic mass is 79.9. The Morgan fingerprint density at radius 2 is 1.85 bits per heavy atom. The quantitative estimate of drug-likeness (QED) is 0.780. The van der Waals surface area contributed by atoms with E-state index in [-0.39, 0.29) is 11.9 Å².